The highest BCUT2D eigenvalue weighted by Crippen LogP contribution is 2.30. The number of nitrogens with zero attached hydrogens (tertiary/aromatic N) is 3. The van der Waals surface area contributed by atoms with Crippen LogP contribution in [-0.4, -0.2) is 33.5 Å². The summed E-state index contributed by atoms with van der Waals surface area (Å²) in [5, 5.41) is 12.5. The molecule has 0 saturated heterocycles. The fraction of sp³-hybridized carbons (Fsp3) is 0.261. The number of methoxy groups -OCH3 is 1. The summed E-state index contributed by atoms with van der Waals surface area (Å²) < 4.78 is 13.1. The number of thioether (sulfide) groups is 1. The van der Waals surface area contributed by atoms with Gasteiger partial charge in [0.1, 0.15) is 11.5 Å². The van der Waals surface area contributed by atoms with Gasteiger partial charge >= 0.3 is 0 Å². The fourth-order valence-corrected chi connectivity index (χ4v) is 3.90. The zero-order valence-corrected chi connectivity index (χ0v) is 19.7. The number of hydrogen-bond donors (Lipinski definition) is 1. The minimum absolute atomic E-state index is 0.159. The summed E-state index contributed by atoms with van der Waals surface area (Å²) in [6.07, 6.45) is 1.35. The molecule has 1 N–H and O–H groups in total. The average Bonchev–Trinajstić information content (AvgIpc) is 3.18. The minimum Gasteiger partial charge on any atom is -0.497 e. The van der Waals surface area contributed by atoms with Gasteiger partial charge in [0.05, 0.1) is 17.9 Å². The number of nitrogens with one attached hydrogen (secondary N) is 1. The van der Waals surface area contributed by atoms with Crippen molar-refractivity contribution in [1.82, 2.24) is 14.8 Å². The van der Waals surface area contributed by atoms with Crippen LogP contribution >= 0.6 is 23.4 Å². The molecule has 0 fully saturated rings. The van der Waals surface area contributed by atoms with E-state index in [-0.39, 0.29) is 11.7 Å². The Morgan fingerprint density at radius 3 is 2.88 bits per heavy atom. The third kappa shape index (κ3) is 6.05. The number of amides is 1. The molecule has 0 aliphatic heterocycles. The number of rotatable bonds is 10. The quantitative estimate of drug-likeness (QED) is 0.318. The predicted octanol–water partition coefficient (Wildman–Crippen LogP) is 5.31. The lowest BCUT2D eigenvalue weighted by atomic mass is 10.2. The van der Waals surface area contributed by atoms with Gasteiger partial charge < -0.3 is 14.8 Å². The highest BCUT2D eigenvalue weighted by Gasteiger charge is 2.20. The number of carbonyl (C=O) groups excluding carboxylic acids is 1. The van der Waals surface area contributed by atoms with Gasteiger partial charge in [0.25, 0.3) is 0 Å². The van der Waals surface area contributed by atoms with Crippen molar-refractivity contribution in [3.05, 3.63) is 71.5 Å². The van der Waals surface area contributed by atoms with E-state index in [0.29, 0.717) is 39.7 Å². The highest BCUT2D eigenvalue weighted by molar-refractivity contribution is 7.99. The highest BCUT2D eigenvalue weighted by atomic mass is 35.5. The topological polar surface area (TPSA) is 78.3 Å². The van der Waals surface area contributed by atoms with Crippen LogP contribution in [0.2, 0.25) is 5.02 Å². The Kier molecular flexibility index (Phi) is 8.19. The molecule has 7 nitrogen and oxygen atoms in total. The van der Waals surface area contributed by atoms with E-state index in [0.717, 1.165) is 5.56 Å². The lowest BCUT2D eigenvalue weighted by Gasteiger charge is -2.17. The van der Waals surface area contributed by atoms with Crippen LogP contribution in [0.3, 0.4) is 0 Å². The predicted molar refractivity (Wildman–Crippen MR) is 128 cm³/mol. The van der Waals surface area contributed by atoms with Gasteiger partial charge in [0, 0.05) is 18.3 Å². The van der Waals surface area contributed by atoms with Crippen molar-refractivity contribution in [1.29, 1.82) is 0 Å². The van der Waals surface area contributed by atoms with Crippen molar-refractivity contribution in [3.63, 3.8) is 0 Å². The number of anilines is 1. The van der Waals surface area contributed by atoms with Gasteiger partial charge in [-0.15, -0.1) is 16.8 Å². The molecule has 1 amide bonds. The van der Waals surface area contributed by atoms with Gasteiger partial charge in [-0.25, -0.2) is 0 Å². The van der Waals surface area contributed by atoms with Crippen molar-refractivity contribution in [2.75, 3.05) is 18.2 Å². The van der Waals surface area contributed by atoms with Crippen LogP contribution in [0.5, 0.6) is 11.5 Å². The molecule has 3 aromatic rings. The Labute approximate surface area is 196 Å². The summed E-state index contributed by atoms with van der Waals surface area (Å²) in [6.45, 7) is 8.15. The maximum Gasteiger partial charge on any atom is 0.234 e. The standard InChI is InChI=1S/C23H25ClN4O3S/c1-5-11-28-22(16(3)31-20-12-15(2)9-10-19(20)24)26-27-23(28)32-14-21(29)25-17-7-6-8-18(13-17)30-4/h5-10,12-13,16H,1,11,14H2,2-4H3,(H,25,29). The van der Waals surface area contributed by atoms with Gasteiger partial charge in [-0.2, -0.15) is 0 Å². The summed E-state index contributed by atoms with van der Waals surface area (Å²) in [4.78, 5) is 12.4. The van der Waals surface area contributed by atoms with E-state index in [2.05, 4.69) is 22.1 Å². The van der Waals surface area contributed by atoms with Gasteiger partial charge in [-0.05, 0) is 43.7 Å². The molecule has 0 spiro atoms. The maximum absolute atomic E-state index is 12.4. The van der Waals surface area contributed by atoms with Crippen LogP contribution in [0.25, 0.3) is 0 Å². The first-order chi connectivity index (χ1) is 15.4. The van der Waals surface area contributed by atoms with Gasteiger partial charge in [0.15, 0.2) is 17.1 Å². The molecule has 1 aromatic heterocycles. The number of aromatic nitrogens is 3. The van der Waals surface area contributed by atoms with Crippen LogP contribution in [-0.2, 0) is 11.3 Å². The van der Waals surface area contributed by atoms with E-state index in [9.17, 15) is 4.79 Å². The molecule has 9 heteroatoms. The average molecular weight is 473 g/mol. The Morgan fingerprint density at radius 1 is 1.31 bits per heavy atom. The zero-order chi connectivity index (χ0) is 23.1. The van der Waals surface area contributed by atoms with E-state index < -0.39 is 6.10 Å². The summed E-state index contributed by atoms with van der Waals surface area (Å²) in [6, 6.07) is 12.8. The van der Waals surface area contributed by atoms with Crippen molar-refractivity contribution < 1.29 is 14.3 Å². The molecule has 0 saturated carbocycles. The van der Waals surface area contributed by atoms with E-state index in [1.54, 1.807) is 31.4 Å². The first-order valence-electron chi connectivity index (χ1n) is 9.94. The van der Waals surface area contributed by atoms with Crippen LogP contribution < -0.4 is 14.8 Å². The van der Waals surface area contributed by atoms with E-state index >= 15 is 0 Å². The van der Waals surface area contributed by atoms with Gasteiger partial charge in [-0.3, -0.25) is 9.36 Å². The van der Waals surface area contributed by atoms with Gasteiger partial charge in [0.2, 0.25) is 5.91 Å². The molecule has 0 radical (unpaired) electrons. The maximum atomic E-state index is 12.4. The Bertz CT molecular complexity index is 1100. The number of allylic oxidation sites excluding steroid dienone is 1. The third-order valence-corrected chi connectivity index (χ3v) is 5.78. The Morgan fingerprint density at radius 2 is 2.12 bits per heavy atom. The smallest absolute Gasteiger partial charge is 0.234 e. The van der Waals surface area contributed by atoms with E-state index in [1.165, 1.54) is 11.8 Å². The van der Waals surface area contributed by atoms with Crippen molar-refractivity contribution in [3.8, 4) is 11.5 Å². The van der Waals surface area contributed by atoms with Crippen molar-refractivity contribution >= 4 is 35.0 Å². The molecule has 0 aliphatic carbocycles. The molecule has 1 heterocycles. The molecular formula is C23H25ClN4O3S. The summed E-state index contributed by atoms with van der Waals surface area (Å²) in [5.74, 6) is 1.89. The van der Waals surface area contributed by atoms with Crippen LogP contribution in [0.4, 0.5) is 5.69 Å². The van der Waals surface area contributed by atoms with E-state index in [1.807, 2.05) is 42.7 Å². The summed E-state index contributed by atoms with van der Waals surface area (Å²) in [5.41, 5.74) is 1.71. The zero-order valence-electron chi connectivity index (χ0n) is 18.2. The molecule has 1 atom stereocenters. The minimum atomic E-state index is -0.401. The number of ether oxygens (including phenoxy) is 2. The van der Waals surface area contributed by atoms with Crippen molar-refractivity contribution in [2.24, 2.45) is 0 Å². The number of carbonyl (C=O) groups is 1. The monoisotopic (exact) mass is 472 g/mol. The number of halogens is 1. The molecule has 0 aliphatic rings. The van der Waals surface area contributed by atoms with E-state index in [4.69, 9.17) is 21.1 Å². The van der Waals surface area contributed by atoms with Crippen molar-refractivity contribution in [2.45, 2.75) is 31.7 Å². The molecule has 168 valence electrons. The van der Waals surface area contributed by atoms with Gasteiger partial charge in [-0.1, -0.05) is 41.6 Å². The van der Waals surface area contributed by atoms with Crippen LogP contribution in [0, 0.1) is 6.92 Å². The summed E-state index contributed by atoms with van der Waals surface area (Å²) in [7, 11) is 1.58. The second-order valence-corrected chi connectivity index (χ2v) is 8.35. The Hall–Kier alpha value is -2.97. The number of hydrogen-bond acceptors (Lipinski definition) is 6. The molecule has 2 aromatic carbocycles. The first-order valence-corrected chi connectivity index (χ1v) is 11.3. The largest absolute Gasteiger partial charge is 0.497 e. The number of benzene rings is 2. The molecule has 3 rings (SSSR count). The SMILES string of the molecule is C=CCn1c(SCC(=O)Nc2cccc(OC)c2)nnc1C(C)Oc1cc(C)ccc1Cl. The fourth-order valence-electron chi connectivity index (χ4n) is 2.98. The molecule has 32 heavy (non-hydrogen) atoms. The first kappa shape index (κ1) is 23.7. The lowest BCUT2D eigenvalue weighted by molar-refractivity contribution is -0.113. The molecular weight excluding hydrogens is 448 g/mol. The second-order valence-electron chi connectivity index (χ2n) is 7.00. The molecule has 0 bridgehead atoms. The van der Waals surface area contributed by atoms with Crippen LogP contribution in [0.15, 0.2) is 60.3 Å². The number of aryl methyl sites for hydroxylation is 1. The van der Waals surface area contributed by atoms with Crippen LogP contribution in [0.1, 0.15) is 24.4 Å². The second kappa shape index (κ2) is 11.1. The lowest BCUT2D eigenvalue weighted by Crippen LogP contribution is -2.15. The Balaban J connectivity index is 1.69. The molecule has 1 unspecified atom stereocenters. The summed E-state index contributed by atoms with van der Waals surface area (Å²) >= 11 is 7.55. The normalized spacial score (nSPS) is 11.6. The third-order valence-electron chi connectivity index (χ3n) is 4.50.